The average molecular weight is 240 g/mol. The summed E-state index contributed by atoms with van der Waals surface area (Å²) in [6.07, 6.45) is -0.221. The van der Waals surface area contributed by atoms with Gasteiger partial charge in [0.2, 0.25) is 5.91 Å². The zero-order chi connectivity index (χ0) is 11.7. The van der Waals surface area contributed by atoms with Crippen molar-refractivity contribution in [1.29, 1.82) is 0 Å². The predicted octanol–water partition coefficient (Wildman–Crippen LogP) is 1.15. The SMILES string of the molecule is Cc1csc(C(C)CN2CC(O)CC2=O)n1. The van der Waals surface area contributed by atoms with Crippen LogP contribution in [0.4, 0.5) is 0 Å². The first-order chi connectivity index (χ1) is 7.56. The van der Waals surface area contributed by atoms with Gasteiger partial charge in [0.15, 0.2) is 0 Å². The van der Waals surface area contributed by atoms with Crippen molar-refractivity contribution in [3.8, 4) is 0 Å². The number of aliphatic hydroxyl groups is 1. The summed E-state index contributed by atoms with van der Waals surface area (Å²) in [5, 5.41) is 12.5. The van der Waals surface area contributed by atoms with Crippen LogP contribution in [-0.4, -0.2) is 40.1 Å². The number of aliphatic hydroxyl groups excluding tert-OH is 1. The largest absolute Gasteiger partial charge is 0.391 e. The van der Waals surface area contributed by atoms with Crippen molar-refractivity contribution in [1.82, 2.24) is 9.88 Å². The number of hydrogen-bond donors (Lipinski definition) is 1. The van der Waals surface area contributed by atoms with E-state index in [1.807, 2.05) is 12.3 Å². The third-order valence-corrected chi connectivity index (χ3v) is 3.94. The van der Waals surface area contributed by atoms with Gasteiger partial charge in [-0.2, -0.15) is 0 Å². The molecule has 0 radical (unpaired) electrons. The van der Waals surface area contributed by atoms with Crippen molar-refractivity contribution in [3.63, 3.8) is 0 Å². The molecule has 1 aliphatic heterocycles. The van der Waals surface area contributed by atoms with Crippen molar-refractivity contribution < 1.29 is 9.90 Å². The highest BCUT2D eigenvalue weighted by atomic mass is 32.1. The maximum atomic E-state index is 11.5. The zero-order valence-electron chi connectivity index (χ0n) is 9.51. The van der Waals surface area contributed by atoms with Crippen molar-refractivity contribution >= 4 is 17.2 Å². The maximum Gasteiger partial charge on any atom is 0.225 e. The maximum absolute atomic E-state index is 11.5. The summed E-state index contributed by atoms with van der Waals surface area (Å²) < 4.78 is 0. The number of carbonyl (C=O) groups is 1. The molecule has 88 valence electrons. The molecule has 0 saturated carbocycles. The Bertz CT molecular complexity index is 391. The van der Waals surface area contributed by atoms with E-state index in [4.69, 9.17) is 0 Å². The first-order valence-corrected chi connectivity index (χ1v) is 6.32. The van der Waals surface area contributed by atoms with E-state index in [9.17, 15) is 9.90 Å². The van der Waals surface area contributed by atoms with Crippen molar-refractivity contribution in [2.45, 2.75) is 32.3 Å². The van der Waals surface area contributed by atoms with Crippen LogP contribution in [0.15, 0.2) is 5.38 Å². The fourth-order valence-electron chi connectivity index (χ4n) is 1.93. The molecule has 2 atom stereocenters. The first-order valence-electron chi connectivity index (χ1n) is 5.44. The number of β-amino-alcohol motifs (C(OH)–C–C–N with tert-alkyl or cyclic N) is 1. The highest BCUT2D eigenvalue weighted by Gasteiger charge is 2.29. The molecular weight excluding hydrogens is 224 g/mol. The van der Waals surface area contributed by atoms with Gasteiger partial charge in [0, 0.05) is 30.1 Å². The molecule has 0 spiro atoms. The number of aryl methyl sites for hydroxylation is 1. The lowest BCUT2D eigenvalue weighted by Crippen LogP contribution is -2.29. The van der Waals surface area contributed by atoms with Gasteiger partial charge in [-0.3, -0.25) is 4.79 Å². The summed E-state index contributed by atoms with van der Waals surface area (Å²) in [6.45, 7) is 5.16. The minimum atomic E-state index is -0.488. The van der Waals surface area contributed by atoms with E-state index >= 15 is 0 Å². The quantitative estimate of drug-likeness (QED) is 0.862. The van der Waals surface area contributed by atoms with Gasteiger partial charge in [0.25, 0.3) is 0 Å². The number of thiazole rings is 1. The van der Waals surface area contributed by atoms with Crippen LogP contribution in [0.5, 0.6) is 0 Å². The second-order valence-corrected chi connectivity index (χ2v) is 5.27. The number of amides is 1. The van der Waals surface area contributed by atoms with Gasteiger partial charge in [0.05, 0.1) is 17.5 Å². The lowest BCUT2D eigenvalue weighted by atomic mass is 10.2. The minimum absolute atomic E-state index is 0.0487. The van der Waals surface area contributed by atoms with E-state index in [0.29, 0.717) is 13.1 Å². The van der Waals surface area contributed by atoms with E-state index in [-0.39, 0.29) is 18.2 Å². The molecule has 16 heavy (non-hydrogen) atoms. The molecule has 1 saturated heterocycles. The van der Waals surface area contributed by atoms with Gasteiger partial charge in [0.1, 0.15) is 0 Å². The average Bonchev–Trinajstić information content (AvgIpc) is 2.74. The molecular formula is C11H16N2O2S. The monoisotopic (exact) mass is 240 g/mol. The lowest BCUT2D eigenvalue weighted by Gasteiger charge is -2.19. The first kappa shape index (κ1) is 11.5. The topological polar surface area (TPSA) is 53.4 Å². The number of nitrogens with zero attached hydrogens (tertiary/aromatic N) is 2. The molecule has 1 amide bonds. The molecule has 2 heterocycles. The Kier molecular flexibility index (Phi) is 3.25. The second kappa shape index (κ2) is 4.51. The van der Waals surface area contributed by atoms with Gasteiger partial charge in [-0.15, -0.1) is 11.3 Å². The molecule has 2 unspecified atom stereocenters. The molecule has 0 aliphatic carbocycles. The summed E-state index contributed by atoms with van der Waals surface area (Å²) in [5.74, 6) is 0.292. The molecule has 1 N–H and O–H groups in total. The molecule has 1 aliphatic rings. The van der Waals surface area contributed by atoms with Gasteiger partial charge in [-0.25, -0.2) is 4.98 Å². The Balaban J connectivity index is 1.97. The summed E-state index contributed by atoms with van der Waals surface area (Å²) in [4.78, 5) is 17.6. The molecule has 1 aromatic heterocycles. The van der Waals surface area contributed by atoms with Crippen LogP contribution in [0.3, 0.4) is 0 Å². The van der Waals surface area contributed by atoms with Crippen molar-refractivity contribution in [2.24, 2.45) is 0 Å². The second-order valence-electron chi connectivity index (χ2n) is 4.38. The van der Waals surface area contributed by atoms with Crippen molar-refractivity contribution in [2.75, 3.05) is 13.1 Å². The van der Waals surface area contributed by atoms with E-state index in [1.54, 1.807) is 16.2 Å². The lowest BCUT2D eigenvalue weighted by molar-refractivity contribution is -0.127. The smallest absolute Gasteiger partial charge is 0.225 e. The standard InChI is InChI=1S/C11H16N2O2S/c1-7(11-12-8(2)6-16-11)4-13-5-9(14)3-10(13)15/h6-7,9,14H,3-5H2,1-2H3. The molecule has 1 aromatic rings. The number of carbonyl (C=O) groups excluding carboxylic acids is 1. The van der Waals surface area contributed by atoms with Gasteiger partial charge in [-0.05, 0) is 6.92 Å². The van der Waals surface area contributed by atoms with Crippen molar-refractivity contribution in [3.05, 3.63) is 16.1 Å². The van der Waals surface area contributed by atoms with Crippen LogP contribution in [0, 0.1) is 6.92 Å². The number of likely N-dealkylation sites (tertiary alicyclic amines) is 1. The molecule has 5 heteroatoms. The molecule has 0 aromatic carbocycles. The third kappa shape index (κ3) is 2.41. The Morgan fingerprint density at radius 2 is 2.50 bits per heavy atom. The van der Waals surface area contributed by atoms with E-state index in [2.05, 4.69) is 11.9 Å². The van der Waals surface area contributed by atoms with Crippen LogP contribution >= 0.6 is 11.3 Å². The van der Waals surface area contributed by atoms with E-state index in [0.717, 1.165) is 10.7 Å². The van der Waals surface area contributed by atoms with Gasteiger partial charge >= 0.3 is 0 Å². The summed E-state index contributed by atoms with van der Waals surface area (Å²) in [5.41, 5.74) is 1.03. The van der Waals surface area contributed by atoms with Crippen LogP contribution in [0.2, 0.25) is 0 Å². The molecule has 4 nitrogen and oxygen atoms in total. The Hall–Kier alpha value is -0.940. The molecule has 0 bridgehead atoms. The van der Waals surface area contributed by atoms with Crippen LogP contribution in [0.25, 0.3) is 0 Å². The van der Waals surface area contributed by atoms with Crippen LogP contribution in [0.1, 0.15) is 30.0 Å². The number of rotatable bonds is 3. The normalized spacial score (nSPS) is 22.8. The number of hydrogen-bond acceptors (Lipinski definition) is 4. The Labute approximate surface area is 98.9 Å². The molecule has 2 rings (SSSR count). The predicted molar refractivity (Wildman–Crippen MR) is 62.5 cm³/mol. The summed E-state index contributed by atoms with van der Waals surface area (Å²) in [6, 6.07) is 0. The van der Waals surface area contributed by atoms with E-state index < -0.39 is 6.10 Å². The zero-order valence-corrected chi connectivity index (χ0v) is 10.3. The van der Waals surface area contributed by atoms with Crippen LogP contribution < -0.4 is 0 Å². The summed E-state index contributed by atoms with van der Waals surface area (Å²) in [7, 11) is 0. The number of aromatic nitrogens is 1. The van der Waals surface area contributed by atoms with Crippen LogP contribution in [-0.2, 0) is 4.79 Å². The van der Waals surface area contributed by atoms with E-state index in [1.165, 1.54) is 0 Å². The molecule has 1 fully saturated rings. The minimum Gasteiger partial charge on any atom is -0.391 e. The fourth-order valence-corrected chi connectivity index (χ4v) is 2.78. The third-order valence-electron chi connectivity index (χ3n) is 2.75. The Morgan fingerprint density at radius 1 is 1.75 bits per heavy atom. The summed E-state index contributed by atoms with van der Waals surface area (Å²) >= 11 is 1.63. The highest BCUT2D eigenvalue weighted by molar-refractivity contribution is 7.09. The van der Waals surface area contributed by atoms with Gasteiger partial charge < -0.3 is 10.0 Å². The van der Waals surface area contributed by atoms with Gasteiger partial charge in [-0.1, -0.05) is 6.92 Å². The highest BCUT2D eigenvalue weighted by Crippen LogP contribution is 2.22. The fraction of sp³-hybridized carbons (Fsp3) is 0.636. The Morgan fingerprint density at radius 3 is 3.00 bits per heavy atom.